The average molecular weight is 443 g/mol. The van der Waals surface area contributed by atoms with Crippen molar-refractivity contribution in [1.29, 1.82) is 0 Å². The summed E-state index contributed by atoms with van der Waals surface area (Å²) in [5, 5.41) is 6.80. The van der Waals surface area contributed by atoms with Crippen molar-refractivity contribution in [2.75, 3.05) is 41.0 Å². The Labute approximate surface area is 192 Å². The van der Waals surface area contributed by atoms with Crippen LogP contribution in [0, 0.1) is 0 Å². The van der Waals surface area contributed by atoms with Crippen LogP contribution >= 0.6 is 0 Å². The van der Waals surface area contributed by atoms with Crippen LogP contribution in [0.1, 0.15) is 37.5 Å². The van der Waals surface area contributed by atoms with Gasteiger partial charge in [-0.1, -0.05) is 38.1 Å². The molecule has 2 aromatic rings. The zero-order chi connectivity index (χ0) is 23.3. The number of nitrogens with one attached hydrogen (secondary N) is 2. The molecule has 0 saturated carbocycles. The van der Waals surface area contributed by atoms with Crippen LogP contribution in [-0.2, 0) is 19.6 Å². The Morgan fingerprint density at radius 1 is 0.875 bits per heavy atom. The average Bonchev–Trinajstić information content (AvgIpc) is 2.83. The van der Waals surface area contributed by atoms with Gasteiger partial charge in [0.05, 0.1) is 27.9 Å². The minimum Gasteiger partial charge on any atom is -0.493 e. The second-order valence-electron chi connectivity index (χ2n) is 7.31. The van der Waals surface area contributed by atoms with E-state index >= 15 is 0 Å². The predicted molar refractivity (Wildman–Crippen MR) is 131 cm³/mol. The van der Waals surface area contributed by atoms with Gasteiger partial charge >= 0.3 is 0 Å². The molecular weight excluding hydrogens is 404 g/mol. The van der Waals surface area contributed by atoms with Crippen LogP contribution in [0.3, 0.4) is 0 Å². The van der Waals surface area contributed by atoms with E-state index < -0.39 is 0 Å². The number of ether oxygens (including phenoxy) is 3. The summed E-state index contributed by atoms with van der Waals surface area (Å²) in [7, 11) is 4.83. The first-order valence-electron chi connectivity index (χ1n) is 11.2. The van der Waals surface area contributed by atoms with Gasteiger partial charge in [0.2, 0.25) is 5.75 Å². The van der Waals surface area contributed by atoms with E-state index in [2.05, 4.69) is 60.6 Å². The van der Waals surface area contributed by atoms with E-state index in [-0.39, 0.29) is 0 Å². The Kier molecular flexibility index (Phi) is 10.7. The van der Waals surface area contributed by atoms with Crippen LogP contribution < -0.4 is 24.8 Å². The molecule has 0 bridgehead atoms. The Hall–Kier alpha value is -2.93. The number of hydrogen-bond acceptors (Lipinski definition) is 5. The minimum absolute atomic E-state index is 0.479. The second-order valence-corrected chi connectivity index (χ2v) is 7.31. The molecule has 2 N–H and O–H groups in total. The van der Waals surface area contributed by atoms with Gasteiger partial charge in [0.15, 0.2) is 17.5 Å². The fraction of sp³-hybridized carbons (Fsp3) is 0.480. The Bertz CT molecular complexity index is 841. The quantitative estimate of drug-likeness (QED) is 0.385. The number of rotatable bonds is 12. The first-order chi connectivity index (χ1) is 15.6. The molecule has 32 heavy (non-hydrogen) atoms. The molecular formula is C25H38N4O3. The van der Waals surface area contributed by atoms with E-state index in [0.29, 0.717) is 30.3 Å². The zero-order valence-electron chi connectivity index (χ0n) is 20.3. The lowest BCUT2D eigenvalue weighted by Crippen LogP contribution is -2.37. The second kappa shape index (κ2) is 13.5. The van der Waals surface area contributed by atoms with Crippen molar-refractivity contribution in [3.8, 4) is 17.2 Å². The molecule has 0 aliphatic rings. The number of methoxy groups -OCH3 is 3. The molecule has 0 unspecified atom stereocenters. The Morgan fingerprint density at radius 2 is 1.50 bits per heavy atom. The SMILES string of the molecule is CCNC(=NCc1cc(OC)c(OC)c(OC)c1)NCc1ccccc1CN(CC)CC. The van der Waals surface area contributed by atoms with E-state index in [4.69, 9.17) is 19.2 Å². The number of hydrogen-bond donors (Lipinski definition) is 2. The molecule has 0 radical (unpaired) electrons. The van der Waals surface area contributed by atoms with Crippen LogP contribution in [-0.4, -0.2) is 51.8 Å². The van der Waals surface area contributed by atoms with Crippen molar-refractivity contribution in [3.05, 3.63) is 53.1 Å². The fourth-order valence-corrected chi connectivity index (χ4v) is 3.49. The summed E-state index contributed by atoms with van der Waals surface area (Å²) >= 11 is 0. The molecule has 0 fully saturated rings. The van der Waals surface area contributed by atoms with Crippen LogP contribution in [0.15, 0.2) is 41.4 Å². The molecule has 2 aromatic carbocycles. The first kappa shape index (κ1) is 25.3. The maximum atomic E-state index is 5.45. The lowest BCUT2D eigenvalue weighted by molar-refractivity contribution is 0.295. The Morgan fingerprint density at radius 3 is 2.03 bits per heavy atom. The monoisotopic (exact) mass is 442 g/mol. The summed E-state index contributed by atoms with van der Waals surface area (Å²) in [6, 6.07) is 12.4. The van der Waals surface area contributed by atoms with Gasteiger partial charge in [-0.3, -0.25) is 4.90 Å². The van der Waals surface area contributed by atoms with Crippen LogP contribution in [0.5, 0.6) is 17.2 Å². The molecule has 0 aliphatic heterocycles. The highest BCUT2D eigenvalue weighted by Crippen LogP contribution is 2.38. The third-order valence-electron chi connectivity index (χ3n) is 5.34. The highest BCUT2D eigenvalue weighted by atomic mass is 16.5. The smallest absolute Gasteiger partial charge is 0.203 e. The van der Waals surface area contributed by atoms with Gasteiger partial charge in [-0.05, 0) is 48.8 Å². The molecule has 7 heteroatoms. The van der Waals surface area contributed by atoms with E-state index in [1.54, 1.807) is 21.3 Å². The first-order valence-corrected chi connectivity index (χ1v) is 11.2. The minimum atomic E-state index is 0.479. The van der Waals surface area contributed by atoms with Crippen molar-refractivity contribution in [3.63, 3.8) is 0 Å². The van der Waals surface area contributed by atoms with Gasteiger partial charge in [0, 0.05) is 19.6 Å². The maximum absolute atomic E-state index is 5.45. The van der Waals surface area contributed by atoms with Crippen molar-refractivity contribution in [1.82, 2.24) is 15.5 Å². The normalized spacial score (nSPS) is 11.4. The fourth-order valence-electron chi connectivity index (χ4n) is 3.49. The molecule has 0 saturated heterocycles. The molecule has 0 aromatic heterocycles. The zero-order valence-corrected chi connectivity index (χ0v) is 20.3. The molecule has 2 rings (SSSR count). The van der Waals surface area contributed by atoms with Gasteiger partial charge in [-0.2, -0.15) is 0 Å². The molecule has 0 amide bonds. The standard InChI is InChI=1S/C25H38N4O3/c1-7-26-25(27-16-19-14-22(30-4)24(32-6)23(15-19)31-5)28-17-20-12-10-11-13-21(20)18-29(8-2)9-3/h10-15H,7-9,16-18H2,1-6H3,(H2,26,27,28). The van der Waals surface area contributed by atoms with Crippen LogP contribution in [0.2, 0.25) is 0 Å². The van der Waals surface area contributed by atoms with Crippen molar-refractivity contribution >= 4 is 5.96 Å². The predicted octanol–water partition coefficient (Wildman–Crippen LogP) is 3.81. The molecule has 0 atom stereocenters. The van der Waals surface area contributed by atoms with Gasteiger partial charge in [0.25, 0.3) is 0 Å². The Balaban J connectivity index is 2.15. The van der Waals surface area contributed by atoms with Crippen molar-refractivity contribution in [2.24, 2.45) is 4.99 Å². The van der Waals surface area contributed by atoms with E-state index in [0.717, 1.165) is 37.7 Å². The molecule has 7 nitrogen and oxygen atoms in total. The lowest BCUT2D eigenvalue weighted by Gasteiger charge is -2.20. The van der Waals surface area contributed by atoms with Crippen LogP contribution in [0.25, 0.3) is 0 Å². The topological polar surface area (TPSA) is 67.4 Å². The largest absolute Gasteiger partial charge is 0.493 e. The maximum Gasteiger partial charge on any atom is 0.203 e. The van der Waals surface area contributed by atoms with Gasteiger partial charge in [-0.15, -0.1) is 0 Å². The third kappa shape index (κ3) is 7.05. The van der Waals surface area contributed by atoms with Crippen LogP contribution in [0.4, 0.5) is 0 Å². The third-order valence-corrected chi connectivity index (χ3v) is 5.34. The van der Waals surface area contributed by atoms with Gasteiger partial charge in [0.1, 0.15) is 0 Å². The lowest BCUT2D eigenvalue weighted by atomic mass is 10.1. The summed E-state index contributed by atoms with van der Waals surface area (Å²) in [6.45, 7) is 11.4. The summed E-state index contributed by atoms with van der Waals surface area (Å²) in [6.07, 6.45) is 0. The van der Waals surface area contributed by atoms with E-state index in [1.165, 1.54) is 11.1 Å². The molecule has 0 spiro atoms. The summed E-state index contributed by atoms with van der Waals surface area (Å²) in [5.74, 6) is 2.59. The highest BCUT2D eigenvalue weighted by Gasteiger charge is 2.13. The van der Waals surface area contributed by atoms with Gasteiger partial charge in [-0.25, -0.2) is 4.99 Å². The summed E-state index contributed by atoms with van der Waals surface area (Å²) in [4.78, 5) is 7.18. The van der Waals surface area contributed by atoms with Crippen molar-refractivity contribution < 1.29 is 14.2 Å². The highest BCUT2D eigenvalue weighted by molar-refractivity contribution is 5.79. The van der Waals surface area contributed by atoms with Gasteiger partial charge < -0.3 is 24.8 Å². The number of guanidine groups is 1. The molecule has 0 heterocycles. The summed E-state index contributed by atoms with van der Waals surface area (Å²) in [5.41, 5.74) is 3.58. The van der Waals surface area contributed by atoms with Crippen molar-refractivity contribution in [2.45, 2.75) is 40.4 Å². The number of benzene rings is 2. The molecule has 0 aliphatic carbocycles. The number of aliphatic imine (C=N–C) groups is 1. The number of nitrogens with zero attached hydrogens (tertiary/aromatic N) is 2. The molecule has 176 valence electrons. The van der Waals surface area contributed by atoms with E-state index in [1.807, 2.05) is 12.1 Å². The summed E-state index contributed by atoms with van der Waals surface area (Å²) < 4.78 is 16.3. The van der Waals surface area contributed by atoms with E-state index in [9.17, 15) is 0 Å².